The molecule has 0 aliphatic heterocycles. The van der Waals surface area contributed by atoms with Crippen LogP contribution in [-0.2, 0) is 11.3 Å². The van der Waals surface area contributed by atoms with Gasteiger partial charge in [0.25, 0.3) is 5.56 Å². The summed E-state index contributed by atoms with van der Waals surface area (Å²) in [5.74, 6) is 0.140. The third kappa shape index (κ3) is 2.51. The Hall–Kier alpha value is -1.88. The first-order valence-corrected chi connectivity index (χ1v) is 5.93. The highest BCUT2D eigenvalue weighted by atomic mass is 35.5. The molecule has 1 N–H and O–H groups in total. The van der Waals surface area contributed by atoms with E-state index < -0.39 is 0 Å². The highest BCUT2D eigenvalue weighted by Crippen LogP contribution is 2.06. The Labute approximate surface area is 108 Å². The lowest BCUT2D eigenvalue weighted by molar-refractivity contribution is -0.127. The van der Waals surface area contributed by atoms with Gasteiger partial charge in [-0.05, 0) is 12.1 Å². The zero-order valence-electron chi connectivity index (χ0n) is 9.81. The van der Waals surface area contributed by atoms with Gasteiger partial charge in [-0.1, -0.05) is 12.1 Å². The van der Waals surface area contributed by atoms with E-state index in [1.807, 2.05) is 6.07 Å². The second-order valence-electron chi connectivity index (χ2n) is 3.91. The van der Waals surface area contributed by atoms with Crippen molar-refractivity contribution in [1.82, 2.24) is 14.9 Å². The molecule has 0 fully saturated rings. The fourth-order valence-corrected chi connectivity index (χ4v) is 1.83. The number of nitrogens with zero attached hydrogens (tertiary/aromatic N) is 2. The number of carbonyl (C=O) groups is 1. The first kappa shape index (κ1) is 12.6. The molecule has 1 aromatic heterocycles. The Morgan fingerprint density at radius 2 is 2.17 bits per heavy atom. The Balaban J connectivity index is 2.35. The molecule has 1 aromatic carbocycles. The number of hydrogen-bond donors (Lipinski definition) is 1. The largest absolute Gasteiger partial charge is 0.337 e. The summed E-state index contributed by atoms with van der Waals surface area (Å²) in [5, 5.41) is 0.535. The van der Waals surface area contributed by atoms with Gasteiger partial charge in [-0.25, -0.2) is 4.98 Å². The number of nitrogens with one attached hydrogen (secondary N) is 1. The predicted octanol–water partition coefficient (Wildman–Crippen LogP) is 1.12. The SMILES string of the molecule is CN(Cc1nc2ccccc2c(=O)[nH]1)C(=O)CCl. The van der Waals surface area contributed by atoms with Crippen LogP contribution in [0.25, 0.3) is 10.9 Å². The van der Waals surface area contributed by atoms with Crippen molar-refractivity contribution in [2.75, 3.05) is 12.9 Å². The van der Waals surface area contributed by atoms with E-state index in [0.717, 1.165) is 0 Å². The number of aromatic amines is 1. The summed E-state index contributed by atoms with van der Waals surface area (Å²) in [6.45, 7) is 0.228. The summed E-state index contributed by atoms with van der Waals surface area (Å²) in [5.41, 5.74) is 0.408. The number of para-hydroxylation sites is 1. The van der Waals surface area contributed by atoms with Gasteiger partial charge < -0.3 is 9.88 Å². The molecule has 5 nitrogen and oxygen atoms in total. The van der Waals surface area contributed by atoms with Crippen LogP contribution in [0.3, 0.4) is 0 Å². The van der Waals surface area contributed by atoms with Crippen molar-refractivity contribution in [3.8, 4) is 0 Å². The van der Waals surface area contributed by atoms with E-state index in [1.54, 1.807) is 25.2 Å². The van der Waals surface area contributed by atoms with Crippen molar-refractivity contribution in [2.24, 2.45) is 0 Å². The quantitative estimate of drug-likeness (QED) is 0.846. The van der Waals surface area contributed by atoms with Gasteiger partial charge in [0.1, 0.15) is 11.7 Å². The topological polar surface area (TPSA) is 66.1 Å². The summed E-state index contributed by atoms with van der Waals surface area (Å²) in [6.07, 6.45) is 0. The minimum absolute atomic E-state index is 0.0890. The average Bonchev–Trinajstić information content (AvgIpc) is 2.37. The van der Waals surface area contributed by atoms with Crippen LogP contribution in [0.4, 0.5) is 0 Å². The van der Waals surface area contributed by atoms with Crippen LogP contribution in [-0.4, -0.2) is 33.7 Å². The summed E-state index contributed by atoms with van der Waals surface area (Å²) in [6, 6.07) is 7.06. The molecule has 0 radical (unpaired) electrons. The molecule has 18 heavy (non-hydrogen) atoms. The molecule has 6 heteroatoms. The molecule has 0 saturated heterocycles. The highest BCUT2D eigenvalue weighted by molar-refractivity contribution is 6.27. The Bertz CT molecular complexity index is 639. The van der Waals surface area contributed by atoms with Gasteiger partial charge in [-0.15, -0.1) is 11.6 Å². The first-order chi connectivity index (χ1) is 8.61. The number of H-pyrrole nitrogens is 1. The van der Waals surface area contributed by atoms with Crippen molar-refractivity contribution in [3.63, 3.8) is 0 Å². The molecule has 0 unspecified atom stereocenters. The van der Waals surface area contributed by atoms with Gasteiger partial charge >= 0.3 is 0 Å². The van der Waals surface area contributed by atoms with Crippen LogP contribution >= 0.6 is 11.6 Å². The maximum atomic E-state index is 11.8. The lowest BCUT2D eigenvalue weighted by Gasteiger charge is -2.14. The molecule has 0 saturated carbocycles. The van der Waals surface area contributed by atoms with Gasteiger partial charge in [0, 0.05) is 7.05 Å². The maximum absolute atomic E-state index is 11.8. The van der Waals surface area contributed by atoms with Gasteiger partial charge in [0.2, 0.25) is 5.91 Å². The fourth-order valence-electron chi connectivity index (χ4n) is 1.62. The first-order valence-electron chi connectivity index (χ1n) is 5.39. The molecule has 94 valence electrons. The van der Waals surface area contributed by atoms with Crippen LogP contribution in [0.15, 0.2) is 29.1 Å². The predicted molar refractivity (Wildman–Crippen MR) is 69.6 cm³/mol. The zero-order valence-corrected chi connectivity index (χ0v) is 10.6. The van der Waals surface area contributed by atoms with Crippen LogP contribution in [0.1, 0.15) is 5.82 Å². The average molecular weight is 266 g/mol. The third-order valence-electron chi connectivity index (χ3n) is 2.59. The van der Waals surface area contributed by atoms with E-state index in [2.05, 4.69) is 9.97 Å². The van der Waals surface area contributed by atoms with Crippen LogP contribution < -0.4 is 5.56 Å². The molecular weight excluding hydrogens is 254 g/mol. The normalized spacial score (nSPS) is 10.6. The highest BCUT2D eigenvalue weighted by Gasteiger charge is 2.10. The molecule has 0 bridgehead atoms. The van der Waals surface area contributed by atoms with Crippen LogP contribution in [0.5, 0.6) is 0 Å². The summed E-state index contributed by atoms with van der Waals surface area (Å²) in [7, 11) is 1.61. The number of benzene rings is 1. The third-order valence-corrected chi connectivity index (χ3v) is 2.82. The van der Waals surface area contributed by atoms with Gasteiger partial charge in [-0.2, -0.15) is 0 Å². The summed E-state index contributed by atoms with van der Waals surface area (Å²) in [4.78, 5) is 31.5. The zero-order chi connectivity index (χ0) is 13.1. The van der Waals surface area contributed by atoms with E-state index in [9.17, 15) is 9.59 Å². The number of aromatic nitrogens is 2. The maximum Gasteiger partial charge on any atom is 0.258 e. The van der Waals surface area contributed by atoms with Gasteiger partial charge in [0.05, 0.1) is 17.4 Å². The van der Waals surface area contributed by atoms with Crippen molar-refractivity contribution < 1.29 is 4.79 Å². The summed E-state index contributed by atoms with van der Waals surface area (Å²) < 4.78 is 0. The van der Waals surface area contributed by atoms with E-state index in [1.165, 1.54) is 4.90 Å². The number of carbonyl (C=O) groups excluding carboxylic acids is 1. The van der Waals surface area contributed by atoms with E-state index in [0.29, 0.717) is 16.7 Å². The lowest BCUT2D eigenvalue weighted by atomic mass is 10.2. The molecule has 2 aromatic rings. The molecule has 0 atom stereocenters. The molecule has 2 rings (SSSR count). The number of hydrogen-bond acceptors (Lipinski definition) is 3. The minimum Gasteiger partial charge on any atom is -0.337 e. The standard InChI is InChI=1S/C12H12ClN3O2/c1-16(11(17)6-13)7-10-14-9-5-3-2-4-8(9)12(18)15-10/h2-5H,6-7H2,1H3,(H,14,15,18). The molecule has 0 spiro atoms. The lowest BCUT2D eigenvalue weighted by Crippen LogP contribution is -2.29. The van der Waals surface area contributed by atoms with E-state index in [4.69, 9.17) is 11.6 Å². The molecule has 1 heterocycles. The van der Waals surface area contributed by atoms with Gasteiger partial charge in [-0.3, -0.25) is 9.59 Å². The van der Waals surface area contributed by atoms with Gasteiger partial charge in [0.15, 0.2) is 0 Å². The van der Waals surface area contributed by atoms with Crippen molar-refractivity contribution in [3.05, 3.63) is 40.4 Å². The minimum atomic E-state index is -0.215. The Morgan fingerprint density at radius 3 is 2.89 bits per heavy atom. The van der Waals surface area contributed by atoms with E-state index in [-0.39, 0.29) is 23.9 Å². The molecule has 0 aliphatic carbocycles. The Morgan fingerprint density at radius 1 is 1.44 bits per heavy atom. The van der Waals surface area contributed by atoms with Crippen LogP contribution in [0, 0.1) is 0 Å². The van der Waals surface area contributed by atoms with Crippen molar-refractivity contribution >= 4 is 28.4 Å². The second-order valence-corrected chi connectivity index (χ2v) is 4.18. The van der Waals surface area contributed by atoms with Crippen molar-refractivity contribution in [2.45, 2.75) is 6.54 Å². The fraction of sp³-hybridized carbons (Fsp3) is 0.250. The molecule has 0 aliphatic rings. The van der Waals surface area contributed by atoms with E-state index >= 15 is 0 Å². The smallest absolute Gasteiger partial charge is 0.258 e. The number of halogens is 1. The molecule has 1 amide bonds. The number of rotatable bonds is 3. The number of amides is 1. The number of alkyl halides is 1. The number of fused-ring (bicyclic) bond motifs is 1. The Kier molecular flexibility index (Phi) is 3.62. The molecular formula is C12H12ClN3O2. The monoisotopic (exact) mass is 265 g/mol. The van der Waals surface area contributed by atoms with Crippen LogP contribution in [0.2, 0.25) is 0 Å². The summed E-state index contributed by atoms with van der Waals surface area (Å²) >= 11 is 5.46. The van der Waals surface area contributed by atoms with Crippen molar-refractivity contribution in [1.29, 1.82) is 0 Å². The second kappa shape index (κ2) is 5.18.